The van der Waals surface area contributed by atoms with E-state index in [1.165, 1.54) is 23.8 Å². The van der Waals surface area contributed by atoms with E-state index in [1.807, 2.05) is 12.3 Å². The molecule has 1 aromatic heterocycles. The van der Waals surface area contributed by atoms with Crippen LogP contribution in [0.2, 0.25) is 0 Å². The molecule has 1 fully saturated rings. The van der Waals surface area contributed by atoms with Gasteiger partial charge in [-0.2, -0.15) is 0 Å². The lowest BCUT2D eigenvalue weighted by molar-refractivity contribution is 0.0990. The zero-order chi connectivity index (χ0) is 13.9. The van der Waals surface area contributed by atoms with Crippen LogP contribution in [-0.4, -0.2) is 29.0 Å². The number of pyridine rings is 1. The molecular formula is C17H23N3. The number of aromatic nitrogens is 1. The number of likely N-dealkylation sites (tertiary alicyclic amines) is 1. The van der Waals surface area contributed by atoms with Gasteiger partial charge in [-0.15, -0.1) is 0 Å². The van der Waals surface area contributed by atoms with Crippen molar-refractivity contribution in [3.05, 3.63) is 42.1 Å². The molecule has 0 amide bonds. The van der Waals surface area contributed by atoms with Crippen molar-refractivity contribution >= 4 is 10.9 Å². The molecule has 1 saturated heterocycles. The van der Waals surface area contributed by atoms with E-state index in [4.69, 9.17) is 5.73 Å². The van der Waals surface area contributed by atoms with E-state index < -0.39 is 0 Å². The maximum Gasteiger partial charge on any atom is 0.0702 e. The van der Waals surface area contributed by atoms with Crippen LogP contribution in [0, 0.1) is 5.92 Å². The summed E-state index contributed by atoms with van der Waals surface area (Å²) in [5.74, 6) is 0.696. The summed E-state index contributed by atoms with van der Waals surface area (Å²) in [6, 6.07) is 11.1. The molecule has 1 aromatic carbocycles. The molecule has 1 aliphatic rings. The third-order valence-corrected chi connectivity index (χ3v) is 4.50. The number of piperidine rings is 1. The highest BCUT2D eigenvalue weighted by Gasteiger charge is 2.27. The molecule has 106 valence electrons. The second-order valence-corrected chi connectivity index (χ2v) is 5.93. The molecule has 0 spiro atoms. The number of fused-ring (bicyclic) bond motifs is 1. The quantitative estimate of drug-likeness (QED) is 0.931. The third kappa shape index (κ3) is 2.69. The van der Waals surface area contributed by atoms with Crippen LogP contribution in [-0.2, 0) is 6.54 Å². The lowest BCUT2D eigenvalue weighted by Gasteiger charge is -2.39. The van der Waals surface area contributed by atoms with E-state index in [0.717, 1.165) is 25.2 Å². The number of para-hydroxylation sites is 1. The van der Waals surface area contributed by atoms with Gasteiger partial charge in [0.25, 0.3) is 0 Å². The van der Waals surface area contributed by atoms with E-state index in [-0.39, 0.29) is 0 Å². The van der Waals surface area contributed by atoms with Crippen LogP contribution in [0.1, 0.15) is 25.3 Å². The molecule has 2 heterocycles. The van der Waals surface area contributed by atoms with Crippen LogP contribution in [0.5, 0.6) is 0 Å². The minimum Gasteiger partial charge on any atom is -0.329 e. The first-order valence-corrected chi connectivity index (χ1v) is 7.55. The second-order valence-electron chi connectivity index (χ2n) is 5.93. The first-order chi connectivity index (χ1) is 9.78. The highest BCUT2D eigenvalue weighted by Crippen LogP contribution is 2.24. The molecule has 0 aliphatic carbocycles. The van der Waals surface area contributed by atoms with Crippen molar-refractivity contribution in [1.82, 2.24) is 9.88 Å². The fourth-order valence-electron chi connectivity index (χ4n) is 3.35. The fraction of sp³-hybridized carbons (Fsp3) is 0.471. The Morgan fingerprint density at radius 3 is 3.05 bits per heavy atom. The minimum absolute atomic E-state index is 0.509. The monoisotopic (exact) mass is 269 g/mol. The van der Waals surface area contributed by atoms with Gasteiger partial charge in [0.1, 0.15) is 0 Å². The normalized spacial score (nSPS) is 24.1. The van der Waals surface area contributed by atoms with Crippen LogP contribution >= 0.6 is 0 Å². The van der Waals surface area contributed by atoms with Gasteiger partial charge in [-0.1, -0.05) is 25.1 Å². The van der Waals surface area contributed by atoms with Gasteiger partial charge in [-0.05, 0) is 43.0 Å². The van der Waals surface area contributed by atoms with Crippen LogP contribution in [0.25, 0.3) is 10.9 Å². The average molecular weight is 269 g/mol. The molecule has 2 unspecified atom stereocenters. The van der Waals surface area contributed by atoms with Gasteiger partial charge in [-0.3, -0.25) is 9.88 Å². The molecule has 3 rings (SSSR count). The smallest absolute Gasteiger partial charge is 0.0702 e. The SMILES string of the molecule is CC1CCCN(Cc2cnc3ccccc3c2)C1CN. The van der Waals surface area contributed by atoms with Gasteiger partial charge >= 0.3 is 0 Å². The summed E-state index contributed by atoms with van der Waals surface area (Å²) in [6.07, 6.45) is 4.59. The average Bonchev–Trinajstić information content (AvgIpc) is 2.47. The number of nitrogens with zero attached hydrogens (tertiary/aromatic N) is 2. The van der Waals surface area contributed by atoms with E-state index >= 15 is 0 Å². The van der Waals surface area contributed by atoms with Gasteiger partial charge in [0.15, 0.2) is 0 Å². The maximum absolute atomic E-state index is 5.97. The van der Waals surface area contributed by atoms with Crippen molar-refractivity contribution in [2.45, 2.75) is 32.4 Å². The van der Waals surface area contributed by atoms with Crippen LogP contribution in [0.4, 0.5) is 0 Å². The van der Waals surface area contributed by atoms with Crippen molar-refractivity contribution in [2.24, 2.45) is 11.7 Å². The largest absolute Gasteiger partial charge is 0.329 e. The lowest BCUT2D eigenvalue weighted by atomic mass is 9.90. The maximum atomic E-state index is 5.97. The van der Waals surface area contributed by atoms with Crippen LogP contribution in [0.15, 0.2) is 36.5 Å². The molecule has 2 atom stereocenters. The molecule has 3 nitrogen and oxygen atoms in total. The molecule has 1 aliphatic heterocycles. The standard InChI is InChI=1S/C17H23N3/c1-13-5-4-8-20(17(13)10-18)12-14-9-15-6-2-3-7-16(15)19-11-14/h2-3,6-7,9,11,13,17H,4-5,8,10,12,18H2,1H3. The van der Waals surface area contributed by atoms with Gasteiger partial charge in [0.05, 0.1) is 5.52 Å². The summed E-state index contributed by atoms with van der Waals surface area (Å²) >= 11 is 0. The van der Waals surface area contributed by atoms with Crippen molar-refractivity contribution in [2.75, 3.05) is 13.1 Å². The third-order valence-electron chi connectivity index (χ3n) is 4.50. The Morgan fingerprint density at radius 2 is 2.20 bits per heavy atom. The van der Waals surface area contributed by atoms with Gasteiger partial charge in [0.2, 0.25) is 0 Å². The van der Waals surface area contributed by atoms with Crippen molar-refractivity contribution < 1.29 is 0 Å². The number of rotatable bonds is 3. The zero-order valence-electron chi connectivity index (χ0n) is 12.1. The molecular weight excluding hydrogens is 246 g/mol. The summed E-state index contributed by atoms with van der Waals surface area (Å²) < 4.78 is 0. The molecule has 2 aromatic rings. The number of benzene rings is 1. The highest BCUT2D eigenvalue weighted by molar-refractivity contribution is 5.78. The second kappa shape index (κ2) is 5.90. The first-order valence-electron chi connectivity index (χ1n) is 7.55. The lowest BCUT2D eigenvalue weighted by Crippen LogP contribution is -2.48. The topological polar surface area (TPSA) is 42.2 Å². The summed E-state index contributed by atoms with van der Waals surface area (Å²) in [4.78, 5) is 7.09. The fourth-order valence-corrected chi connectivity index (χ4v) is 3.35. The Morgan fingerprint density at radius 1 is 1.35 bits per heavy atom. The number of hydrogen-bond donors (Lipinski definition) is 1. The van der Waals surface area contributed by atoms with Gasteiger partial charge < -0.3 is 5.73 Å². The number of hydrogen-bond acceptors (Lipinski definition) is 3. The molecule has 2 N–H and O–H groups in total. The Hall–Kier alpha value is -1.45. The summed E-state index contributed by atoms with van der Waals surface area (Å²) in [6.45, 7) is 5.19. The molecule has 0 saturated carbocycles. The van der Waals surface area contributed by atoms with Crippen molar-refractivity contribution in [3.63, 3.8) is 0 Å². The summed E-state index contributed by atoms with van der Waals surface area (Å²) in [7, 11) is 0. The molecule has 20 heavy (non-hydrogen) atoms. The van der Waals surface area contributed by atoms with E-state index in [9.17, 15) is 0 Å². The summed E-state index contributed by atoms with van der Waals surface area (Å²) in [5, 5.41) is 1.22. The Bertz CT molecular complexity index is 581. The highest BCUT2D eigenvalue weighted by atomic mass is 15.2. The Kier molecular flexibility index (Phi) is 3.99. The number of nitrogens with two attached hydrogens (primary N) is 1. The van der Waals surface area contributed by atoms with E-state index in [0.29, 0.717) is 12.0 Å². The predicted molar refractivity (Wildman–Crippen MR) is 83.4 cm³/mol. The van der Waals surface area contributed by atoms with Crippen LogP contribution in [0.3, 0.4) is 0 Å². The van der Waals surface area contributed by atoms with E-state index in [1.54, 1.807) is 0 Å². The minimum atomic E-state index is 0.509. The van der Waals surface area contributed by atoms with Gasteiger partial charge in [0, 0.05) is 30.7 Å². The van der Waals surface area contributed by atoms with E-state index in [2.05, 4.69) is 41.1 Å². The molecule has 3 heteroatoms. The predicted octanol–water partition coefficient (Wildman–Crippen LogP) is 2.79. The molecule has 0 bridgehead atoms. The Labute approximate surface area is 120 Å². The Balaban J connectivity index is 1.81. The zero-order valence-corrected chi connectivity index (χ0v) is 12.1. The van der Waals surface area contributed by atoms with Gasteiger partial charge in [-0.25, -0.2) is 0 Å². The van der Waals surface area contributed by atoms with Crippen LogP contribution < -0.4 is 5.73 Å². The summed E-state index contributed by atoms with van der Waals surface area (Å²) in [5.41, 5.74) is 8.33. The first kappa shape index (κ1) is 13.5. The van der Waals surface area contributed by atoms with Crippen molar-refractivity contribution in [1.29, 1.82) is 0 Å². The van der Waals surface area contributed by atoms with Crippen molar-refractivity contribution in [3.8, 4) is 0 Å². The molecule has 0 radical (unpaired) electrons.